The quantitative estimate of drug-likeness (QED) is 0.636. The molecule has 168 valence electrons. The topological polar surface area (TPSA) is 84.9 Å². The average molecular weight is 483 g/mol. The summed E-state index contributed by atoms with van der Waals surface area (Å²) in [6, 6.07) is 7.14. The van der Waals surface area contributed by atoms with E-state index < -0.39 is 39.2 Å². The highest BCUT2D eigenvalue weighted by atomic mass is 35.5. The van der Waals surface area contributed by atoms with Gasteiger partial charge in [-0.25, -0.2) is 17.5 Å². The van der Waals surface area contributed by atoms with Crippen LogP contribution in [0, 0.1) is 5.82 Å². The van der Waals surface area contributed by atoms with Crippen LogP contribution in [0.1, 0.15) is 10.4 Å². The van der Waals surface area contributed by atoms with Crippen molar-refractivity contribution in [1.29, 1.82) is 0 Å². The Morgan fingerprint density at radius 3 is 2.52 bits per heavy atom. The van der Waals surface area contributed by atoms with Crippen LogP contribution in [0.4, 0.5) is 23.2 Å². The Morgan fingerprint density at radius 2 is 1.90 bits per heavy atom. The first kappa shape index (κ1) is 22.9. The molecule has 0 unspecified atom stereocenters. The fraction of sp³-hybridized carbons (Fsp3) is 0.278. The van der Waals surface area contributed by atoms with E-state index in [1.165, 1.54) is 12.1 Å². The number of nitrogens with one attached hydrogen (secondary N) is 1. The van der Waals surface area contributed by atoms with Gasteiger partial charge in [-0.2, -0.15) is 0 Å². The number of ether oxygens (including phenoxy) is 2. The van der Waals surface area contributed by atoms with Crippen LogP contribution in [0.2, 0.25) is 5.02 Å². The van der Waals surface area contributed by atoms with E-state index in [0.29, 0.717) is 5.69 Å². The molecular weight excluding hydrogens is 468 g/mol. The number of carbonyl (C=O) groups is 1. The molecule has 1 aliphatic rings. The number of amides is 1. The van der Waals surface area contributed by atoms with Crippen molar-refractivity contribution in [2.75, 3.05) is 24.2 Å². The van der Waals surface area contributed by atoms with Crippen LogP contribution in [0.25, 0.3) is 0 Å². The molecule has 1 heterocycles. The first-order valence-corrected chi connectivity index (χ1v) is 10.9. The number of halogens is 5. The molecule has 1 aliphatic heterocycles. The predicted octanol–water partition coefficient (Wildman–Crippen LogP) is 3.33. The van der Waals surface area contributed by atoms with E-state index in [2.05, 4.69) is 4.74 Å². The zero-order valence-electron chi connectivity index (χ0n) is 15.7. The molecule has 7 nitrogen and oxygen atoms in total. The number of rotatable bonds is 6. The minimum absolute atomic E-state index is 0.215. The summed E-state index contributed by atoms with van der Waals surface area (Å²) < 4.78 is 84.9. The fourth-order valence-corrected chi connectivity index (χ4v) is 3.42. The highest BCUT2D eigenvalue weighted by molar-refractivity contribution is 7.89. The molecule has 0 saturated carbocycles. The lowest BCUT2D eigenvalue weighted by atomic mass is 10.1. The number of hydrogen-bond donors (Lipinski definition) is 1. The molecule has 31 heavy (non-hydrogen) atoms. The van der Waals surface area contributed by atoms with Gasteiger partial charge in [0.05, 0.1) is 29.9 Å². The lowest BCUT2D eigenvalue weighted by molar-refractivity contribution is -0.274. The minimum atomic E-state index is -4.82. The van der Waals surface area contributed by atoms with Crippen molar-refractivity contribution in [2.24, 2.45) is 0 Å². The number of alkyl halides is 3. The van der Waals surface area contributed by atoms with Gasteiger partial charge in [0.2, 0.25) is 10.0 Å². The van der Waals surface area contributed by atoms with Crippen LogP contribution in [-0.2, 0) is 10.0 Å². The molecule has 1 fully saturated rings. The van der Waals surface area contributed by atoms with Crippen LogP contribution in [0.3, 0.4) is 0 Å². The Labute approximate surface area is 179 Å². The Kier molecular flexibility index (Phi) is 6.23. The molecule has 2 aromatic rings. The van der Waals surface area contributed by atoms with Gasteiger partial charge in [0.1, 0.15) is 23.4 Å². The Balaban J connectivity index is 1.71. The number of hydrogen-bond acceptors (Lipinski definition) is 6. The van der Waals surface area contributed by atoms with Crippen molar-refractivity contribution in [3.8, 4) is 11.5 Å². The Hall–Kier alpha value is -2.73. The van der Waals surface area contributed by atoms with Crippen LogP contribution >= 0.6 is 11.6 Å². The summed E-state index contributed by atoms with van der Waals surface area (Å²) in [5, 5.41) is -0.400. The second-order valence-electron chi connectivity index (χ2n) is 6.66. The third kappa shape index (κ3) is 6.14. The van der Waals surface area contributed by atoms with E-state index in [1.807, 2.05) is 0 Å². The van der Waals surface area contributed by atoms with E-state index in [-0.39, 0.29) is 30.2 Å². The van der Waals surface area contributed by atoms with Gasteiger partial charge < -0.3 is 14.4 Å². The second kappa shape index (κ2) is 8.42. The van der Waals surface area contributed by atoms with Crippen molar-refractivity contribution < 1.29 is 40.2 Å². The molecule has 3 rings (SSSR count). The normalized spacial score (nSPS) is 14.7. The van der Waals surface area contributed by atoms with E-state index in [1.54, 1.807) is 15.7 Å². The van der Waals surface area contributed by atoms with Crippen LogP contribution in [0.15, 0.2) is 36.4 Å². The van der Waals surface area contributed by atoms with Crippen LogP contribution in [0.5, 0.6) is 11.5 Å². The van der Waals surface area contributed by atoms with Gasteiger partial charge in [-0.05, 0) is 18.2 Å². The van der Waals surface area contributed by atoms with E-state index in [0.717, 1.165) is 24.5 Å². The van der Waals surface area contributed by atoms with Crippen molar-refractivity contribution in [1.82, 2.24) is 4.72 Å². The summed E-state index contributed by atoms with van der Waals surface area (Å²) in [4.78, 5) is 13.9. The Bertz CT molecular complexity index is 1100. The molecule has 13 heteroatoms. The van der Waals surface area contributed by atoms with Gasteiger partial charge in [-0.3, -0.25) is 4.79 Å². The van der Waals surface area contributed by atoms with Crippen LogP contribution in [-0.4, -0.2) is 46.1 Å². The SMILES string of the molecule is CS(=O)(=O)NC(=O)c1cc(Cl)c(F)cc1OC1CN(c2cccc(OC(F)(F)F)c2)C1. The van der Waals surface area contributed by atoms with Crippen molar-refractivity contribution in [3.05, 3.63) is 52.8 Å². The van der Waals surface area contributed by atoms with Crippen molar-refractivity contribution >= 4 is 33.2 Å². The molecular formula is C18H15ClF4N2O5S. The van der Waals surface area contributed by atoms with Gasteiger partial charge in [0.15, 0.2) is 0 Å². The first-order valence-electron chi connectivity index (χ1n) is 8.59. The highest BCUT2D eigenvalue weighted by Crippen LogP contribution is 2.32. The van der Waals surface area contributed by atoms with E-state index in [9.17, 15) is 30.8 Å². The molecule has 2 aromatic carbocycles. The average Bonchev–Trinajstić information content (AvgIpc) is 2.57. The van der Waals surface area contributed by atoms with Crippen LogP contribution < -0.4 is 19.1 Å². The summed E-state index contributed by atoms with van der Waals surface area (Å²) >= 11 is 5.69. The predicted molar refractivity (Wildman–Crippen MR) is 103 cm³/mol. The van der Waals surface area contributed by atoms with Gasteiger partial charge in [-0.1, -0.05) is 17.7 Å². The number of carbonyl (C=O) groups excluding carboxylic acids is 1. The van der Waals surface area contributed by atoms with Gasteiger partial charge in [0.25, 0.3) is 5.91 Å². The van der Waals surface area contributed by atoms with Gasteiger partial charge in [0, 0.05) is 17.8 Å². The third-order valence-corrected chi connectivity index (χ3v) is 4.95. The summed E-state index contributed by atoms with van der Waals surface area (Å²) in [7, 11) is -3.89. The smallest absolute Gasteiger partial charge is 0.486 e. The van der Waals surface area contributed by atoms with Crippen molar-refractivity contribution in [3.63, 3.8) is 0 Å². The molecule has 0 aromatic heterocycles. The summed E-state index contributed by atoms with van der Waals surface area (Å²) in [6.45, 7) is 0.430. The maximum absolute atomic E-state index is 13.9. The molecule has 0 bridgehead atoms. The zero-order valence-corrected chi connectivity index (χ0v) is 17.3. The summed E-state index contributed by atoms with van der Waals surface area (Å²) in [5.74, 6) is -2.52. The highest BCUT2D eigenvalue weighted by Gasteiger charge is 2.33. The number of anilines is 1. The Morgan fingerprint density at radius 1 is 1.23 bits per heavy atom. The summed E-state index contributed by atoms with van der Waals surface area (Å²) in [5.41, 5.74) is 0.162. The molecule has 1 amide bonds. The number of nitrogens with zero attached hydrogens (tertiary/aromatic N) is 1. The fourth-order valence-electron chi connectivity index (χ4n) is 2.81. The van der Waals surface area contributed by atoms with Gasteiger partial charge in [-0.15, -0.1) is 13.2 Å². The monoisotopic (exact) mass is 482 g/mol. The molecule has 0 radical (unpaired) electrons. The second-order valence-corrected chi connectivity index (χ2v) is 8.81. The molecule has 1 N–H and O–H groups in total. The lowest BCUT2D eigenvalue weighted by Crippen LogP contribution is -2.54. The van der Waals surface area contributed by atoms with Crippen molar-refractivity contribution in [2.45, 2.75) is 12.5 Å². The summed E-state index contributed by atoms with van der Waals surface area (Å²) in [6.07, 6.45) is -4.59. The zero-order chi connectivity index (χ0) is 23.0. The molecule has 0 aliphatic carbocycles. The number of benzene rings is 2. The standard InChI is InChI=1S/C18H15ClF4N2O5S/c1-31(27,28)24-17(26)13-6-14(19)15(20)7-16(13)29-12-8-25(9-12)10-3-2-4-11(5-10)30-18(21,22)23/h2-7,12H,8-9H2,1H3,(H,24,26). The minimum Gasteiger partial charge on any atom is -0.486 e. The van der Waals surface area contributed by atoms with E-state index >= 15 is 0 Å². The first-order chi connectivity index (χ1) is 14.3. The van der Waals surface area contributed by atoms with Gasteiger partial charge >= 0.3 is 6.36 Å². The maximum Gasteiger partial charge on any atom is 0.573 e. The molecule has 1 saturated heterocycles. The van der Waals surface area contributed by atoms with E-state index in [4.69, 9.17) is 16.3 Å². The molecule has 0 spiro atoms. The maximum atomic E-state index is 13.9. The third-order valence-electron chi connectivity index (χ3n) is 4.10. The lowest BCUT2D eigenvalue weighted by Gasteiger charge is -2.41. The molecule has 0 atom stereocenters. The largest absolute Gasteiger partial charge is 0.573 e. The number of sulfonamides is 1.